The molecule has 0 aliphatic carbocycles. The van der Waals surface area contributed by atoms with Crippen molar-refractivity contribution in [2.45, 2.75) is 26.1 Å². The van der Waals surface area contributed by atoms with E-state index in [1.807, 2.05) is 34.4 Å². The number of carbonyl (C=O) groups excluding carboxylic acids is 2. The first-order valence-corrected chi connectivity index (χ1v) is 12.4. The standard InChI is InChI=1S/C27H29N7O5/c1-17(25-32-30-16-33(25)8-9-37-2)31-27(36)20-10-18-11-21(12-20)34-7-6-28-26(34)19-4-5-22(38-3)23(13-19)39-15-24(35)29-14-18/h4-7,10-13,16-17H,8-9,14-15H2,1-3H3,(H,29,35)(H,31,36). The molecule has 1 aliphatic heterocycles. The van der Waals surface area contributed by atoms with Crippen molar-refractivity contribution in [1.29, 1.82) is 0 Å². The Labute approximate surface area is 224 Å². The smallest absolute Gasteiger partial charge is 0.258 e. The summed E-state index contributed by atoms with van der Waals surface area (Å²) in [4.78, 5) is 30.5. The maximum Gasteiger partial charge on any atom is 0.258 e. The minimum Gasteiger partial charge on any atom is -0.493 e. The third-order valence-electron chi connectivity index (χ3n) is 6.35. The molecule has 0 spiro atoms. The van der Waals surface area contributed by atoms with Crippen LogP contribution in [0, 0.1) is 0 Å². The fraction of sp³-hybridized carbons (Fsp3) is 0.296. The molecule has 202 valence electrons. The van der Waals surface area contributed by atoms with Crippen molar-refractivity contribution in [3.63, 3.8) is 0 Å². The maximum absolute atomic E-state index is 13.4. The van der Waals surface area contributed by atoms with Crippen molar-refractivity contribution in [1.82, 2.24) is 34.9 Å². The summed E-state index contributed by atoms with van der Waals surface area (Å²) < 4.78 is 20.0. The maximum atomic E-state index is 13.4. The Balaban J connectivity index is 1.50. The van der Waals surface area contributed by atoms with Crippen molar-refractivity contribution < 1.29 is 23.8 Å². The number of imidazole rings is 1. The number of hydrogen-bond donors (Lipinski definition) is 2. The zero-order valence-electron chi connectivity index (χ0n) is 21.9. The van der Waals surface area contributed by atoms with Gasteiger partial charge in [-0.15, -0.1) is 10.2 Å². The van der Waals surface area contributed by atoms with Crippen LogP contribution in [0.4, 0.5) is 0 Å². The van der Waals surface area contributed by atoms with Crippen molar-refractivity contribution >= 4 is 11.8 Å². The number of rotatable bonds is 7. The van der Waals surface area contributed by atoms with Gasteiger partial charge in [-0.05, 0) is 48.9 Å². The highest BCUT2D eigenvalue weighted by atomic mass is 16.5. The Hall–Kier alpha value is -4.71. The molecule has 4 bridgehead atoms. The van der Waals surface area contributed by atoms with Gasteiger partial charge in [-0.3, -0.25) is 14.2 Å². The van der Waals surface area contributed by atoms with E-state index in [-0.39, 0.29) is 25.0 Å². The Morgan fingerprint density at radius 3 is 2.92 bits per heavy atom. The van der Waals surface area contributed by atoms with E-state index in [0.717, 1.165) is 11.1 Å². The van der Waals surface area contributed by atoms with Gasteiger partial charge in [-0.1, -0.05) is 0 Å². The number of methoxy groups -OCH3 is 2. The average molecular weight is 532 g/mol. The molecule has 2 N–H and O–H groups in total. The summed E-state index contributed by atoms with van der Waals surface area (Å²) in [5, 5.41) is 14.0. The lowest BCUT2D eigenvalue weighted by molar-refractivity contribution is -0.123. The number of amides is 2. The third kappa shape index (κ3) is 5.60. The first-order chi connectivity index (χ1) is 19.0. The monoisotopic (exact) mass is 531 g/mol. The number of hydrogen-bond acceptors (Lipinski definition) is 8. The van der Waals surface area contributed by atoms with E-state index in [2.05, 4.69) is 25.8 Å². The third-order valence-corrected chi connectivity index (χ3v) is 6.35. The molecule has 12 nitrogen and oxygen atoms in total. The first kappa shape index (κ1) is 25.9. The zero-order valence-corrected chi connectivity index (χ0v) is 21.9. The van der Waals surface area contributed by atoms with Gasteiger partial charge < -0.3 is 29.4 Å². The largest absolute Gasteiger partial charge is 0.493 e. The second-order valence-corrected chi connectivity index (χ2v) is 9.01. The van der Waals surface area contributed by atoms with Crippen molar-refractivity contribution in [3.05, 3.63) is 72.1 Å². The zero-order chi connectivity index (χ0) is 27.4. The number of aromatic nitrogens is 5. The summed E-state index contributed by atoms with van der Waals surface area (Å²) in [7, 11) is 3.16. The van der Waals surface area contributed by atoms with Crippen LogP contribution in [-0.4, -0.2) is 63.6 Å². The molecule has 4 aromatic rings. The quantitative estimate of drug-likeness (QED) is 0.371. The summed E-state index contributed by atoms with van der Waals surface area (Å²) >= 11 is 0. The Kier molecular flexibility index (Phi) is 7.55. The van der Waals surface area contributed by atoms with Crippen LogP contribution in [0.15, 0.2) is 55.1 Å². The van der Waals surface area contributed by atoms with Gasteiger partial charge in [0, 0.05) is 49.4 Å². The van der Waals surface area contributed by atoms with Gasteiger partial charge in [0.2, 0.25) is 0 Å². The lowest BCUT2D eigenvalue weighted by Crippen LogP contribution is -2.30. The fourth-order valence-corrected chi connectivity index (χ4v) is 4.40. The molecule has 2 aromatic heterocycles. The summed E-state index contributed by atoms with van der Waals surface area (Å²) in [6, 6.07) is 10.5. The van der Waals surface area contributed by atoms with Crippen LogP contribution >= 0.6 is 0 Å². The number of nitrogens with one attached hydrogen (secondary N) is 2. The molecular weight excluding hydrogens is 502 g/mol. The fourth-order valence-electron chi connectivity index (χ4n) is 4.40. The lowest BCUT2D eigenvalue weighted by atomic mass is 10.1. The van der Waals surface area contributed by atoms with Gasteiger partial charge in [0.25, 0.3) is 11.8 Å². The van der Waals surface area contributed by atoms with E-state index >= 15 is 0 Å². The minimum absolute atomic E-state index is 0.192. The van der Waals surface area contributed by atoms with Crippen LogP contribution < -0.4 is 20.1 Å². The highest BCUT2D eigenvalue weighted by Gasteiger charge is 2.20. The Morgan fingerprint density at radius 2 is 2.10 bits per heavy atom. The predicted octanol–water partition coefficient (Wildman–Crippen LogP) is 2.29. The lowest BCUT2D eigenvalue weighted by Gasteiger charge is -2.17. The average Bonchev–Trinajstić information content (AvgIpc) is 3.63. The number of nitrogens with zero attached hydrogens (tertiary/aromatic N) is 5. The van der Waals surface area contributed by atoms with Crippen LogP contribution in [0.5, 0.6) is 11.5 Å². The van der Waals surface area contributed by atoms with E-state index in [9.17, 15) is 9.59 Å². The molecule has 0 fully saturated rings. The van der Waals surface area contributed by atoms with Crippen LogP contribution in [-0.2, 0) is 22.6 Å². The molecule has 0 saturated heterocycles. The van der Waals surface area contributed by atoms with Gasteiger partial charge >= 0.3 is 0 Å². The molecule has 12 heteroatoms. The van der Waals surface area contributed by atoms with Crippen molar-refractivity contribution in [3.8, 4) is 28.6 Å². The predicted molar refractivity (Wildman–Crippen MR) is 141 cm³/mol. The summed E-state index contributed by atoms with van der Waals surface area (Å²) in [5.74, 6) is 1.60. The normalized spacial score (nSPS) is 13.6. The van der Waals surface area contributed by atoms with E-state index < -0.39 is 6.04 Å². The van der Waals surface area contributed by atoms with Crippen molar-refractivity contribution in [2.24, 2.45) is 0 Å². The summed E-state index contributed by atoms with van der Waals surface area (Å²) in [5.41, 5.74) is 2.64. The molecular formula is C27H29N7O5. The van der Waals surface area contributed by atoms with Crippen LogP contribution in [0.1, 0.15) is 34.7 Å². The molecule has 1 unspecified atom stereocenters. The molecule has 0 saturated carbocycles. The van der Waals surface area contributed by atoms with Crippen molar-refractivity contribution in [2.75, 3.05) is 27.4 Å². The molecule has 1 atom stereocenters. The number of benzene rings is 2. The van der Waals surface area contributed by atoms with Gasteiger partial charge in [0.1, 0.15) is 12.2 Å². The molecule has 3 heterocycles. The van der Waals surface area contributed by atoms with E-state index in [0.29, 0.717) is 47.6 Å². The second-order valence-electron chi connectivity index (χ2n) is 9.01. The second kappa shape index (κ2) is 11.4. The molecule has 39 heavy (non-hydrogen) atoms. The van der Waals surface area contributed by atoms with Gasteiger partial charge in [-0.25, -0.2) is 4.98 Å². The van der Waals surface area contributed by atoms with Crippen LogP contribution in [0.3, 0.4) is 0 Å². The summed E-state index contributed by atoms with van der Waals surface area (Å²) in [6.07, 6.45) is 5.12. The topological polar surface area (TPSA) is 134 Å². The van der Waals surface area contributed by atoms with E-state index in [1.54, 1.807) is 51.0 Å². The van der Waals surface area contributed by atoms with Crippen LogP contribution in [0.2, 0.25) is 0 Å². The summed E-state index contributed by atoms with van der Waals surface area (Å²) in [6.45, 7) is 2.93. The first-order valence-electron chi connectivity index (χ1n) is 12.4. The molecule has 1 aliphatic rings. The van der Waals surface area contributed by atoms with Gasteiger partial charge in [0.05, 0.1) is 19.8 Å². The SMILES string of the molecule is COCCn1cnnc1C(C)NC(=O)c1cc2cc(c1)-n1ccnc1-c1ccc(OC)c(c1)OCC(=O)NC2. The molecule has 0 radical (unpaired) electrons. The number of ether oxygens (including phenoxy) is 3. The number of carbonyl (C=O) groups is 2. The Morgan fingerprint density at radius 1 is 1.23 bits per heavy atom. The minimum atomic E-state index is -0.406. The van der Waals surface area contributed by atoms with E-state index in [1.165, 1.54) is 0 Å². The molecule has 2 amide bonds. The Bertz CT molecular complexity index is 1500. The highest BCUT2D eigenvalue weighted by molar-refractivity contribution is 5.95. The molecule has 5 rings (SSSR count). The highest BCUT2D eigenvalue weighted by Crippen LogP contribution is 2.33. The van der Waals surface area contributed by atoms with Crippen LogP contribution in [0.25, 0.3) is 17.1 Å². The number of fused-ring (bicyclic) bond motifs is 7. The van der Waals surface area contributed by atoms with Gasteiger partial charge in [-0.2, -0.15) is 0 Å². The molecule has 2 aromatic carbocycles. The van der Waals surface area contributed by atoms with Gasteiger partial charge in [0.15, 0.2) is 23.9 Å². The van der Waals surface area contributed by atoms with E-state index in [4.69, 9.17) is 14.2 Å².